The van der Waals surface area contributed by atoms with Crippen molar-refractivity contribution in [3.8, 4) is 0 Å². The standard InChI is InChI=1S/C13H20Cl2N2/c1-8(13(2,3)4)17(5)12-7-10(15)9(14)6-11(12)16/h6-8H,16H2,1-5H3. The van der Waals surface area contributed by atoms with Gasteiger partial charge in [0.25, 0.3) is 0 Å². The molecule has 0 aliphatic carbocycles. The summed E-state index contributed by atoms with van der Waals surface area (Å²) in [6, 6.07) is 3.86. The van der Waals surface area contributed by atoms with Crippen molar-refractivity contribution in [1.29, 1.82) is 0 Å². The Bertz CT molecular complexity index is 411. The number of nitrogen functional groups attached to an aromatic ring is 1. The Morgan fingerprint density at radius 1 is 1.18 bits per heavy atom. The van der Waals surface area contributed by atoms with Gasteiger partial charge in [-0.05, 0) is 24.5 Å². The topological polar surface area (TPSA) is 29.3 Å². The van der Waals surface area contributed by atoms with E-state index in [2.05, 4.69) is 32.6 Å². The van der Waals surface area contributed by atoms with Crippen molar-refractivity contribution in [2.45, 2.75) is 33.7 Å². The molecular weight excluding hydrogens is 255 g/mol. The molecule has 0 aromatic heterocycles. The number of halogens is 2. The first-order valence-corrected chi connectivity index (χ1v) is 6.37. The molecule has 1 rings (SSSR count). The van der Waals surface area contributed by atoms with E-state index in [1.165, 1.54) is 0 Å². The van der Waals surface area contributed by atoms with E-state index in [9.17, 15) is 0 Å². The van der Waals surface area contributed by atoms with E-state index in [0.717, 1.165) is 5.69 Å². The van der Waals surface area contributed by atoms with Crippen molar-refractivity contribution in [2.75, 3.05) is 17.7 Å². The maximum atomic E-state index is 6.03. The van der Waals surface area contributed by atoms with Crippen LogP contribution in [0.4, 0.5) is 11.4 Å². The Morgan fingerprint density at radius 3 is 2.12 bits per heavy atom. The quantitative estimate of drug-likeness (QED) is 0.808. The third-order valence-electron chi connectivity index (χ3n) is 3.28. The molecule has 0 saturated heterocycles. The maximum absolute atomic E-state index is 6.03. The van der Waals surface area contributed by atoms with Crippen LogP contribution >= 0.6 is 23.2 Å². The van der Waals surface area contributed by atoms with Crippen LogP contribution in [0, 0.1) is 5.41 Å². The van der Waals surface area contributed by atoms with Crippen LogP contribution in [0.5, 0.6) is 0 Å². The highest BCUT2D eigenvalue weighted by Crippen LogP contribution is 2.35. The van der Waals surface area contributed by atoms with Gasteiger partial charge in [0.1, 0.15) is 0 Å². The zero-order valence-electron chi connectivity index (χ0n) is 11.0. The lowest BCUT2D eigenvalue weighted by atomic mass is 9.87. The van der Waals surface area contributed by atoms with Gasteiger partial charge in [-0.25, -0.2) is 0 Å². The molecule has 0 heterocycles. The van der Waals surface area contributed by atoms with Gasteiger partial charge in [-0.1, -0.05) is 44.0 Å². The second-order valence-corrected chi connectivity index (χ2v) is 6.29. The molecule has 0 saturated carbocycles. The molecule has 0 amide bonds. The van der Waals surface area contributed by atoms with Crippen LogP contribution in [-0.4, -0.2) is 13.1 Å². The Hall–Kier alpha value is -0.600. The summed E-state index contributed by atoms with van der Waals surface area (Å²) in [5, 5.41) is 1.02. The molecule has 4 heteroatoms. The first kappa shape index (κ1) is 14.5. The van der Waals surface area contributed by atoms with Crippen molar-refractivity contribution in [1.82, 2.24) is 0 Å². The Balaban J connectivity index is 3.13. The summed E-state index contributed by atoms with van der Waals surface area (Å²) in [6.45, 7) is 8.76. The molecule has 2 nitrogen and oxygen atoms in total. The molecule has 0 radical (unpaired) electrons. The van der Waals surface area contributed by atoms with Gasteiger partial charge in [0.05, 0.1) is 21.4 Å². The summed E-state index contributed by atoms with van der Waals surface area (Å²) in [5.41, 5.74) is 7.72. The van der Waals surface area contributed by atoms with E-state index in [0.29, 0.717) is 21.8 Å². The second-order valence-electron chi connectivity index (χ2n) is 5.48. The molecule has 96 valence electrons. The number of nitrogens with zero attached hydrogens (tertiary/aromatic N) is 1. The van der Waals surface area contributed by atoms with Crippen LogP contribution in [-0.2, 0) is 0 Å². The second kappa shape index (κ2) is 4.95. The van der Waals surface area contributed by atoms with E-state index < -0.39 is 0 Å². The molecule has 0 bridgehead atoms. The summed E-state index contributed by atoms with van der Waals surface area (Å²) < 4.78 is 0. The van der Waals surface area contributed by atoms with Crippen LogP contribution < -0.4 is 10.6 Å². The lowest BCUT2D eigenvalue weighted by molar-refractivity contribution is 0.330. The number of anilines is 2. The largest absolute Gasteiger partial charge is 0.397 e. The smallest absolute Gasteiger partial charge is 0.0615 e. The predicted molar refractivity (Wildman–Crippen MR) is 78.2 cm³/mol. The number of hydrogen-bond donors (Lipinski definition) is 1. The summed E-state index contributed by atoms with van der Waals surface area (Å²) in [4.78, 5) is 2.14. The molecule has 1 atom stereocenters. The Kier molecular flexibility index (Phi) is 4.21. The number of nitrogens with two attached hydrogens (primary N) is 1. The fourth-order valence-corrected chi connectivity index (χ4v) is 1.98. The normalized spacial score (nSPS) is 13.6. The molecule has 1 aromatic carbocycles. The van der Waals surface area contributed by atoms with Crippen molar-refractivity contribution in [3.63, 3.8) is 0 Å². The van der Waals surface area contributed by atoms with Gasteiger partial charge in [-0.3, -0.25) is 0 Å². The van der Waals surface area contributed by atoms with E-state index in [1.807, 2.05) is 13.1 Å². The van der Waals surface area contributed by atoms with Gasteiger partial charge in [-0.15, -0.1) is 0 Å². The van der Waals surface area contributed by atoms with Crippen LogP contribution in [0.25, 0.3) is 0 Å². The number of hydrogen-bond acceptors (Lipinski definition) is 2. The minimum atomic E-state index is 0.160. The van der Waals surface area contributed by atoms with E-state index in [-0.39, 0.29) is 5.41 Å². The first-order valence-electron chi connectivity index (χ1n) is 5.62. The van der Waals surface area contributed by atoms with E-state index in [4.69, 9.17) is 28.9 Å². The summed E-state index contributed by atoms with van der Waals surface area (Å²) in [7, 11) is 2.02. The number of benzene rings is 1. The minimum Gasteiger partial charge on any atom is -0.397 e. The van der Waals surface area contributed by atoms with Crippen molar-refractivity contribution in [3.05, 3.63) is 22.2 Å². The van der Waals surface area contributed by atoms with Crippen LogP contribution in [0.3, 0.4) is 0 Å². The Morgan fingerprint density at radius 2 is 1.65 bits per heavy atom. The van der Waals surface area contributed by atoms with Gasteiger partial charge in [0.15, 0.2) is 0 Å². The molecular formula is C13H20Cl2N2. The monoisotopic (exact) mass is 274 g/mol. The molecule has 0 aliphatic rings. The summed E-state index contributed by atoms with van der Waals surface area (Å²) in [5.74, 6) is 0. The van der Waals surface area contributed by atoms with Crippen LogP contribution in [0.15, 0.2) is 12.1 Å². The van der Waals surface area contributed by atoms with Gasteiger partial charge < -0.3 is 10.6 Å². The van der Waals surface area contributed by atoms with Crippen LogP contribution in [0.1, 0.15) is 27.7 Å². The predicted octanol–water partition coefficient (Wildman–Crippen LogP) is 4.45. The van der Waals surface area contributed by atoms with Gasteiger partial charge in [-0.2, -0.15) is 0 Å². The van der Waals surface area contributed by atoms with Crippen LogP contribution in [0.2, 0.25) is 10.0 Å². The van der Waals surface area contributed by atoms with Crippen molar-refractivity contribution < 1.29 is 0 Å². The molecule has 0 aliphatic heterocycles. The summed E-state index contributed by atoms with van der Waals surface area (Å²) >= 11 is 12.0. The average molecular weight is 275 g/mol. The molecule has 1 aromatic rings. The maximum Gasteiger partial charge on any atom is 0.0615 e. The lowest BCUT2D eigenvalue weighted by Crippen LogP contribution is -2.39. The molecule has 17 heavy (non-hydrogen) atoms. The molecule has 2 N–H and O–H groups in total. The third-order valence-corrected chi connectivity index (χ3v) is 4.01. The number of rotatable bonds is 2. The SMILES string of the molecule is CC(N(C)c1cc(Cl)c(Cl)cc1N)C(C)(C)C. The fraction of sp³-hybridized carbons (Fsp3) is 0.538. The van der Waals surface area contributed by atoms with Gasteiger partial charge in [0, 0.05) is 13.1 Å². The third kappa shape index (κ3) is 3.20. The molecule has 1 unspecified atom stereocenters. The van der Waals surface area contributed by atoms with Gasteiger partial charge >= 0.3 is 0 Å². The van der Waals surface area contributed by atoms with Gasteiger partial charge in [0.2, 0.25) is 0 Å². The minimum absolute atomic E-state index is 0.160. The highest BCUT2D eigenvalue weighted by Gasteiger charge is 2.25. The zero-order valence-corrected chi connectivity index (χ0v) is 12.5. The summed E-state index contributed by atoms with van der Waals surface area (Å²) in [6.07, 6.45) is 0. The highest BCUT2D eigenvalue weighted by atomic mass is 35.5. The highest BCUT2D eigenvalue weighted by molar-refractivity contribution is 6.42. The first-order chi connectivity index (χ1) is 7.64. The Labute approximate surface area is 114 Å². The van der Waals surface area contributed by atoms with Crippen molar-refractivity contribution >= 4 is 34.6 Å². The van der Waals surface area contributed by atoms with E-state index in [1.54, 1.807) is 6.07 Å². The fourth-order valence-electron chi connectivity index (χ4n) is 1.65. The molecule has 0 spiro atoms. The lowest BCUT2D eigenvalue weighted by Gasteiger charge is -2.37. The zero-order chi connectivity index (χ0) is 13.4. The van der Waals surface area contributed by atoms with E-state index >= 15 is 0 Å². The molecule has 0 fully saturated rings. The average Bonchev–Trinajstić information content (AvgIpc) is 2.20. The van der Waals surface area contributed by atoms with Crippen molar-refractivity contribution in [2.24, 2.45) is 5.41 Å².